The molecule has 3 heterocycles. The van der Waals surface area contributed by atoms with Crippen LogP contribution in [0.5, 0.6) is 5.75 Å². The minimum Gasteiger partial charge on any atom is -0.482 e. The number of aromatic nitrogens is 3. The molecular formula is C15H15N3O3. The Balaban J connectivity index is 1.64. The summed E-state index contributed by atoms with van der Waals surface area (Å²) in [5.41, 5.74) is 1.16. The van der Waals surface area contributed by atoms with E-state index in [0.29, 0.717) is 19.4 Å². The number of para-hydroxylation sites is 1. The Hall–Kier alpha value is -2.37. The van der Waals surface area contributed by atoms with Crippen LogP contribution in [0.4, 0.5) is 0 Å². The summed E-state index contributed by atoms with van der Waals surface area (Å²) in [5.74, 6) is 1.37. The fourth-order valence-electron chi connectivity index (χ4n) is 3.11. The summed E-state index contributed by atoms with van der Waals surface area (Å²) in [6.45, 7) is 0.434. The highest BCUT2D eigenvalue weighted by Gasteiger charge is 2.33. The molecule has 0 saturated heterocycles. The van der Waals surface area contributed by atoms with Gasteiger partial charge >= 0.3 is 5.97 Å². The first-order chi connectivity index (χ1) is 10.2. The third kappa shape index (κ3) is 1.98. The Morgan fingerprint density at radius 3 is 3.00 bits per heavy atom. The molecule has 1 N–H and O–H groups in total. The van der Waals surface area contributed by atoms with Gasteiger partial charge in [0.15, 0.2) is 11.9 Å². The van der Waals surface area contributed by atoms with E-state index in [9.17, 15) is 9.90 Å². The Bertz CT molecular complexity index is 685. The van der Waals surface area contributed by atoms with Gasteiger partial charge in [-0.25, -0.2) is 0 Å². The highest BCUT2D eigenvalue weighted by molar-refractivity contribution is 5.70. The molecule has 1 aromatic heterocycles. The van der Waals surface area contributed by atoms with Gasteiger partial charge in [0.2, 0.25) is 0 Å². The van der Waals surface area contributed by atoms with E-state index in [1.165, 1.54) is 0 Å². The first-order valence-electron chi connectivity index (χ1n) is 7.11. The zero-order valence-corrected chi connectivity index (χ0v) is 11.4. The van der Waals surface area contributed by atoms with Gasteiger partial charge in [-0.2, -0.15) is 0 Å². The predicted octanol–water partition coefficient (Wildman–Crippen LogP) is 1.60. The Morgan fingerprint density at radius 2 is 2.19 bits per heavy atom. The molecule has 0 bridgehead atoms. The number of hydrogen-bond donors (Lipinski definition) is 1. The lowest BCUT2D eigenvalue weighted by Gasteiger charge is -2.22. The number of benzene rings is 1. The lowest BCUT2D eigenvalue weighted by molar-refractivity contribution is -0.142. The monoisotopic (exact) mass is 285 g/mol. The van der Waals surface area contributed by atoms with Crippen LogP contribution in [0.1, 0.15) is 29.7 Å². The number of rotatable bonds is 2. The third-order valence-corrected chi connectivity index (χ3v) is 4.26. The van der Waals surface area contributed by atoms with Gasteiger partial charge in [0.1, 0.15) is 11.6 Å². The number of carboxylic acids is 1. The average molecular weight is 285 g/mol. The fourth-order valence-corrected chi connectivity index (χ4v) is 3.11. The Kier molecular flexibility index (Phi) is 2.70. The molecule has 6 heteroatoms. The topological polar surface area (TPSA) is 77.2 Å². The van der Waals surface area contributed by atoms with Crippen molar-refractivity contribution in [2.45, 2.75) is 31.9 Å². The molecule has 0 aliphatic carbocycles. The Labute approximate surface area is 121 Å². The van der Waals surface area contributed by atoms with Crippen molar-refractivity contribution in [3.8, 4) is 5.75 Å². The molecule has 2 aliphatic heterocycles. The minimum absolute atomic E-state index is 0.170. The van der Waals surface area contributed by atoms with Crippen LogP contribution >= 0.6 is 0 Å². The van der Waals surface area contributed by atoms with Crippen LogP contribution in [0, 0.1) is 5.92 Å². The second kappa shape index (κ2) is 4.58. The van der Waals surface area contributed by atoms with Gasteiger partial charge in [-0.15, -0.1) is 10.2 Å². The second-order valence-electron chi connectivity index (χ2n) is 5.58. The van der Waals surface area contributed by atoms with Crippen LogP contribution < -0.4 is 4.74 Å². The molecule has 2 aromatic rings. The molecule has 1 aromatic carbocycles. The molecule has 0 radical (unpaired) electrons. The van der Waals surface area contributed by atoms with E-state index in [1.54, 1.807) is 0 Å². The van der Waals surface area contributed by atoms with Gasteiger partial charge in [0, 0.05) is 19.4 Å². The van der Waals surface area contributed by atoms with Crippen LogP contribution in [0.2, 0.25) is 0 Å². The normalized spacial score (nSPS) is 23.2. The number of aliphatic carboxylic acids is 1. The van der Waals surface area contributed by atoms with Crippen molar-refractivity contribution in [1.29, 1.82) is 0 Å². The molecule has 2 atom stereocenters. The molecule has 4 rings (SSSR count). The second-order valence-corrected chi connectivity index (χ2v) is 5.58. The molecule has 0 amide bonds. The zero-order valence-electron chi connectivity index (χ0n) is 11.4. The van der Waals surface area contributed by atoms with E-state index in [1.807, 2.05) is 28.8 Å². The van der Waals surface area contributed by atoms with Crippen molar-refractivity contribution < 1.29 is 14.6 Å². The van der Waals surface area contributed by atoms with Crippen molar-refractivity contribution in [3.05, 3.63) is 41.5 Å². The predicted molar refractivity (Wildman–Crippen MR) is 73.0 cm³/mol. The lowest BCUT2D eigenvalue weighted by atomic mass is 9.99. The summed E-state index contributed by atoms with van der Waals surface area (Å²) in [6.07, 6.45) is 1.87. The van der Waals surface area contributed by atoms with E-state index in [4.69, 9.17) is 4.74 Å². The smallest absolute Gasteiger partial charge is 0.308 e. The quantitative estimate of drug-likeness (QED) is 0.907. The number of carbonyl (C=O) groups is 1. The number of carboxylic acid groups (broad SMARTS) is 1. The van der Waals surface area contributed by atoms with Gasteiger partial charge < -0.3 is 14.4 Å². The number of ether oxygens (including phenoxy) is 1. The maximum Gasteiger partial charge on any atom is 0.308 e. The van der Waals surface area contributed by atoms with E-state index in [0.717, 1.165) is 29.4 Å². The highest BCUT2D eigenvalue weighted by Crippen LogP contribution is 2.36. The van der Waals surface area contributed by atoms with Gasteiger partial charge in [-0.05, 0) is 18.1 Å². The summed E-state index contributed by atoms with van der Waals surface area (Å²) in [4.78, 5) is 11.2. The van der Waals surface area contributed by atoms with Gasteiger partial charge in [-0.3, -0.25) is 4.79 Å². The molecule has 21 heavy (non-hydrogen) atoms. The van der Waals surface area contributed by atoms with E-state index in [-0.39, 0.29) is 12.0 Å². The van der Waals surface area contributed by atoms with Crippen LogP contribution in [0.25, 0.3) is 0 Å². The average Bonchev–Trinajstić information content (AvgIpc) is 3.09. The molecule has 2 aliphatic rings. The molecule has 2 unspecified atom stereocenters. The standard InChI is InChI=1S/C15H15N3O3/c19-15(20)10-5-6-13-16-17-14(18(13)8-10)12-7-9-3-1-2-4-11(9)21-12/h1-4,10,12H,5-8H2,(H,19,20). The van der Waals surface area contributed by atoms with Crippen LogP contribution in [-0.2, 0) is 24.2 Å². The van der Waals surface area contributed by atoms with Gasteiger partial charge in [-0.1, -0.05) is 18.2 Å². The molecule has 0 saturated carbocycles. The van der Waals surface area contributed by atoms with Crippen molar-refractivity contribution in [3.63, 3.8) is 0 Å². The van der Waals surface area contributed by atoms with E-state index in [2.05, 4.69) is 10.2 Å². The van der Waals surface area contributed by atoms with Crippen LogP contribution in [0.15, 0.2) is 24.3 Å². The number of nitrogens with zero attached hydrogens (tertiary/aromatic N) is 3. The molecule has 0 fully saturated rings. The molecule has 108 valence electrons. The first kappa shape index (κ1) is 12.4. The van der Waals surface area contributed by atoms with Crippen molar-refractivity contribution in [2.75, 3.05) is 0 Å². The summed E-state index contributed by atoms with van der Waals surface area (Å²) in [5, 5.41) is 17.7. The zero-order chi connectivity index (χ0) is 14.4. The molecular weight excluding hydrogens is 270 g/mol. The van der Waals surface area contributed by atoms with Gasteiger partial charge in [0.25, 0.3) is 0 Å². The summed E-state index contributed by atoms with van der Waals surface area (Å²) in [7, 11) is 0. The third-order valence-electron chi connectivity index (χ3n) is 4.26. The van der Waals surface area contributed by atoms with Gasteiger partial charge in [0.05, 0.1) is 5.92 Å². The number of hydrogen-bond acceptors (Lipinski definition) is 4. The molecule has 0 spiro atoms. The molecule has 6 nitrogen and oxygen atoms in total. The first-order valence-corrected chi connectivity index (χ1v) is 7.11. The summed E-state index contributed by atoms with van der Waals surface area (Å²) >= 11 is 0. The summed E-state index contributed by atoms with van der Waals surface area (Å²) in [6, 6.07) is 7.93. The SMILES string of the molecule is O=C(O)C1CCc2nnc(C3Cc4ccccc4O3)n2C1. The van der Waals surface area contributed by atoms with E-state index < -0.39 is 5.97 Å². The fraction of sp³-hybridized carbons (Fsp3) is 0.400. The number of aryl methyl sites for hydroxylation is 1. The largest absolute Gasteiger partial charge is 0.482 e. The van der Waals surface area contributed by atoms with Crippen molar-refractivity contribution >= 4 is 5.97 Å². The van der Waals surface area contributed by atoms with Crippen molar-refractivity contribution in [2.24, 2.45) is 5.92 Å². The highest BCUT2D eigenvalue weighted by atomic mass is 16.5. The minimum atomic E-state index is -0.754. The number of fused-ring (bicyclic) bond motifs is 2. The lowest BCUT2D eigenvalue weighted by Crippen LogP contribution is -2.28. The van der Waals surface area contributed by atoms with Crippen LogP contribution in [-0.4, -0.2) is 25.8 Å². The Morgan fingerprint density at radius 1 is 1.33 bits per heavy atom. The summed E-state index contributed by atoms with van der Waals surface area (Å²) < 4.78 is 7.87. The maximum atomic E-state index is 11.2. The van der Waals surface area contributed by atoms with E-state index >= 15 is 0 Å². The van der Waals surface area contributed by atoms with Crippen molar-refractivity contribution in [1.82, 2.24) is 14.8 Å². The maximum absolute atomic E-state index is 11.2. The van der Waals surface area contributed by atoms with Crippen LogP contribution in [0.3, 0.4) is 0 Å².